The maximum atomic E-state index is 14.3. The molecule has 1 atom stereocenters. The zero-order valence-corrected chi connectivity index (χ0v) is 33.3. The zero-order valence-electron chi connectivity index (χ0n) is 31.7. The summed E-state index contributed by atoms with van der Waals surface area (Å²) in [5, 5.41) is 12.5. The number of para-hydroxylation sites is 1. The minimum Gasteiger partial charge on any atom is -0.501 e. The Kier molecular flexibility index (Phi) is 12.3. The molecule has 1 aliphatic heterocycles. The van der Waals surface area contributed by atoms with Crippen LogP contribution >= 0.6 is 22.9 Å². The van der Waals surface area contributed by atoms with Gasteiger partial charge < -0.3 is 28.6 Å². The number of hydrogen-bond donors (Lipinski definition) is 1. The summed E-state index contributed by atoms with van der Waals surface area (Å²) in [5.41, 5.74) is 1.61. The van der Waals surface area contributed by atoms with E-state index >= 15 is 0 Å². The van der Waals surface area contributed by atoms with Crippen LogP contribution in [0.25, 0.3) is 32.0 Å². The molecule has 0 amide bonds. The Morgan fingerprint density at radius 3 is 2.53 bits per heavy atom. The van der Waals surface area contributed by atoms with Crippen LogP contribution in [0.15, 0.2) is 71.5 Å². The quantitative estimate of drug-likeness (QED) is 0.0876. The number of thiophene rings is 1. The molecule has 12 nitrogen and oxygen atoms in total. The number of ether oxygens (including phenoxy) is 3. The molecule has 20 heteroatoms. The summed E-state index contributed by atoms with van der Waals surface area (Å²) < 4.78 is 78.2. The number of halogens is 5. The lowest BCUT2D eigenvalue weighted by Gasteiger charge is -2.32. The van der Waals surface area contributed by atoms with Crippen molar-refractivity contribution < 1.29 is 46.1 Å². The molecule has 7 rings (SSSR count). The van der Waals surface area contributed by atoms with Crippen LogP contribution < -0.4 is 14.2 Å². The normalized spacial score (nSPS) is 14.8. The van der Waals surface area contributed by atoms with Crippen molar-refractivity contribution in [3.05, 3.63) is 95.0 Å². The van der Waals surface area contributed by atoms with Gasteiger partial charge in [0.05, 0.1) is 26.4 Å². The van der Waals surface area contributed by atoms with Crippen molar-refractivity contribution in [3.8, 4) is 39.1 Å². The Bertz CT molecular complexity index is 2460. The van der Waals surface area contributed by atoms with E-state index in [1.54, 1.807) is 31.2 Å². The number of aromatic nitrogens is 4. The van der Waals surface area contributed by atoms with E-state index in [1.807, 2.05) is 0 Å². The van der Waals surface area contributed by atoms with Gasteiger partial charge in [-0.15, -0.1) is 11.3 Å². The van der Waals surface area contributed by atoms with Crippen LogP contribution in [0, 0.1) is 12.9 Å². The highest BCUT2D eigenvalue weighted by molar-refractivity contribution is 7.22. The lowest BCUT2D eigenvalue weighted by molar-refractivity contribution is -0.145. The summed E-state index contributed by atoms with van der Waals surface area (Å²) in [4.78, 5) is 27.1. The van der Waals surface area contributed by atoms with Gasteiger partial charge >= 0.3 is 12.1 Å². The first-order valence-corrected chi connectivity index (χ1v) is 19.5. The number of carboxylic acid groups (broad SMARTS) is 1. The third kappa shape index (κ3) is 9.53. The van der Waals surface area contributed by atoms with Gasteiger partial charge in [-0.25, -0.2) is 14.8 Å². The number of carboxylic acids is 1. The van der Waals surface area contributed by atoms with E-state index in [0.29, 0.717) is 53.8 Å². The van der Waals surface area contributed by atoms with E-state index in [2.05, 4.69) is 31.9 Å². The number of carbonyl (C=O) groups is 1. The van der Waals surface area contributed by atoms with E-state index < -0.39 is 36.2 Å². The van der Waals surface area contributed by atoms with Crippen molar-refractivity contribution in [2.75, 3.05) is 46.4 Å². The number of rotatable bonds is 15. The molecule has 0 saturated carbocycles. The molecule has 6 aromatic rings. The lowest BCUT2D eigenvalue weighted by Crippen LogP contribution is -2.45. The van der Waals surface area contributed by atoms with E-state index in [1.165, 1.54) is 36.7 Å². The van der Waals surface area contributed by atoms with Gasteiger partial charge in [0.2, 0.25) is 12.0 Å². The predicted molar refractivity (Wildman–Crippen MR) is 214 cm³/mol. The third-order valence-electron chi connectivity index (χ3n) is 9.76. The highest BCUT2D eigenvalue weighted by Crippen LogP contribution is 2.50. The minimum absolute atomic E-state index is 0.0191. The van der Waals surface area contributed by atoms with Crippen molar-refractivity contribution in [3.63, 3.8) is 0 Å². The van der Waals surface area contributed by atoms with E-state index in [9.17, 15) is 27.5 Å². The summed E-state index contributed by atoms with van der Waals surface area (Å²) in [7, 11) is 14.5. The third-order valence-corrected chi connectivity index (χ3v) is 11.3. The number of fused-ring (bicyclic) bond motifs is 1. The maximum absolute atomic E-state index is 14.3. The molecule has 59 heavy (non-hydrogen) atoms. The largest absolute Gasteiger partial charge is 0.501 e. The Morgan fingerprint density at radius 1 is 1.05 bits per heavy atom. The predicted octanol–water partition coefficient (Wildman–Crippen LogP) is 6.71. The van der Waals surface area contributed by atoms with Crippen LogP contribution in [0.2, 0.25) is 5.02 Å². The molecule has 1 aliphatic rings. The molecule has 304 valence electrons. The maximum Gasteiger partial charge on any atom is 0.408 e. The van der Waals surface area contributed by atoms with E-state index in [4.69, 9.17) is 45.9 Å². The number of furan rings is 1. The fourth-order valence-corrected chi connectivity index (χ4v) is 8.07. The topological polar surface area (TPSA) is 128 Å². The monoisotopic (exact) mass is 848 g/mol. The standard InChI is InChI=1S/C39H35B2ClF4N6O6S/c1-22-24(7-8-26(33(22)42)55-18-17-51-15-13-50(2)14-16-51)31-32-35(47-21-48-36(32)59-34(31)27-9-10-30(43)56-27)57-28(37(53)54)19-23-5-3-4-6-25(23)58-39(40,41)29-11-12-49-52(29)20-38(44,45)46/h3-12,21,28H,13-20H2,1-2H3,(H,53,54)/t28-/m1/s1. The Morgan fingerprint density at radius 2 is 1.81 bits per heavy atom. The molecular weight excluding hydrogens is 814 g/mol. The number of likely N-dealkylation sites (N-methyl/N-ethyl adjacent to an activating group) is 1. The van der Waals surface area contributed by atoms with Gasteiger partial charge in [0.15, 0.2) is 0 Å². The van der Waals surface area contributed by atoms with Crippen LogP contribution in [-0.4, -0.2) is 115 Å². The summed E-state index contributed by atoms with van der Waals surface area (Å²) in [6, 6.07) is 12.7. The number of benzene rings is 2. The van der Waals surface area contributed by atoms with Crippen molar-refractivity contribution in [2.45, 2.75) is 37.6 Å². The molecule has 2 aromatic carbocycles. The summed E-state index contributed by atoms with van der Waals surface area (Å²) >= 11 is 8.10. The average molecular weight is 849 g/mol. The first kappa shape index (κ1) is 42.0. The van der Waals surface area contributed by atoms with Crippen LogP contribution in [0.1, 0.15) is 16.8 Å². The first-order valence-electron chi connectivity index (χ1n) is 18.3. The van der Waals surface area contributed by atoms with Crippen LogP contribution in [-0.2, 0) is 23.2 Å². The van der Waals surface area contributed by atoms with Gasteiger partial charge in [-0.2, -0.15) is 22.7 Å². The second-order valence-electron chi connectivity index (χ2n) is 14.0. The molecule has 4 aromatic heterocycles. The lowest BCUT2D eigenvalue weighted by atomic mass is 9.63. The Balaban J connectivity index is 1.21. The summed E-state index contributed by atoms with van der Waals surface area (Å²) in [5.74, 6) is -0.871. The Labute approximate surface area is 347 Å². The molecule has 0 aliphatic carbocycles. The zero-order chi connectivity index (χ0) is 42.1. The number of alkyl halides is 3. The minimum atomic E-state index is -4.63. The molecule has 0 spiro atoms. The van der Waals surface area contributed by atoms with Crippen molar-refractivity contribution in [1.82, 2.24) is 29.5 Å². The highest BCUT2D eigenvalue weighted by Gasteiger charge is 2.34. The smallest absolute Gasteiger partial charge is 0.408 e. The second kappa shape index (κ2) is 17.2. The molecule has 1 N–H and O–H groups in total. The number of piperazine rings is 1. The second-order valence-corrected chi connectivity index (χ2v) is 15.3. The van der Waals surface area contributed by atoms with Gasteiger partial charge in [0.25, 0.3) is 6.01 Å². The molecule has 4 radical (unpaired) electrons. The van der Waals surface area contributed by atoms with Gasteiger partial charge in [0, 0.05) is 57.0 Å². The number of hydrogen-bond acceptors (Lipinski definition) is 11. The van der Waals surface area contributed by atoms with Gasteiger partial charge in [-0.05, 0) is 54.9 Å². The fraction of sp³-hybridized carbons (Fsp3) is 0.333. The van der Waals surface area contributed by atoms with Crippen LogP contribution in [0.3, 0.4) is 0 Å². The number of aliphatic carboxylic acids is 1. The number of nitrogens with zero attached hydrogens (tertiary/aromatic N) is 6. The van der Waals surface area contributed by atoms with E-state index in [-0.39, 0.29) is 35.1 Å². The molecule has 0 bridgehead atoms. The van der Waals surface area contributed by atoms with Gasteiger partial charge in [-0.1, -0.05) is 35.9 Å². The Hall–Kier alpha value is -5.10. The van der Waals surface area contributed by atoms with Crippen LogP contribution in [0.4, 0.5) is 17.6 Å². The highest BCUT2D eigenvalue weighted by atomic mass is 35.5. The van der Waals surface area contributed by atoms with E-state index in [0.717, 1.165) is 50.3 Å². The molecule has 5 heterocycles. The van der Waals surface area contributed by atoms with Crippen LogP contribution in [0.5, 0.6) is 17.4 Å². The van der Waals surface area contributed by atoms with Crippen molar-refractivity contribution in [2.24, 2.45) is 0 Å². The first-order chi connectivity index (χ1) is 28.1. The van der Waals surface area contributed by atoms with Crippen molar-refractivity contribution >= 4 is 54.8 Å². The molecule has 0 unspecified atom stereocenters. The average Bonchev–Trinajstić information content (AvgIpc) is 3.93. The van der Waals surface area contributed by atoms with Gasteiger partial charge in [0.1, 0.15) is 57.3 Å². The SMILES string of the molecule is [B]C([B])(Oc1ccccc1C[C@@H](Oc1ncnc2sc(-c3ccc(F)o3)c(-c3ccc(OCCN4CCN(C)CC4)c(Cl)c3C)c12)C(=O)O)c1ccnn1CC(F)(F)F. The van der Waals surface area contributed by atoms with Crippen molar-refractivity contribution in [1.29, 1.82) is 0 Å². The summed E-state index contributed by atoms with van der Waals surface area (Å²) in [6.07, 6.45) is -4.27. The molecule has 1 fully saturated rings. The molecular formula is C39H35B2ClF4N6O6S. The van der Waals surface area contributed by atoms with Gasteiger partial charge in [-0.3, -0.25) is 9.58 Å². The summed E-state index contributed by atoms with van der Waals surface area (Å²) in [6.45, 7) is 5.29. The fourth-order valence-electron chi connectivity index (χ4n) is 6.74. The molecule has 1 saturated heterocycles.